The van der Waals surface area contributed by atoms with Crippen molar-refractivity contribution in [1.82, 2.24) is 29.9 Å². The molecule has 6 heteroatoms. The van der Waals surface area contributed by atoms with Crippen LogP contribution in [0.5, 0.6) is 0 Å². The van der Waals surface area contributed by atoms with Gasteiger partial charge in [-0.25, -0.2) is 0 Å². The summed E-state index contributed by atoms with van der Waals surface area (Å²) in [5.74, 6) is 0. The van der Waals surface area contributed by atoms with Crippen molar-refractivity contribution in [2.24, 2.45) is 0 Å². The molecule has 3 aromatic carbocycles. The molecule has 0 aliphatic heterocycles. The predicted octanol–water partition coefficient (Wildman–Crippen LogP) is 11.0. The Kier molecular flexibility index (Phi) is 7.82. The maximum Gasteiger partial charge on any atom is 0.0974 e. The van der Waals surface area contributed by atoms with Crippen molar-refractivity contribution in [3.8, 4) is 67.3 Å². The van der Waals surface area contributed by atoms with Gasteiger partial charge in [0.15, 0.2) is 0 Å². The number of benzene rings is 3. The lowest BCUT2D eigenvalue weighted by Crippen LogP contribution is -1.97. The Morgan fingerprint density at radius 1 is 0.327 bits per heavy atom. The second-order valence-corrected chi connectivity index (χ2v) is 12.8. The average Bonchev–Trinajstić information content (AvgIpc) is 3.21. The van der Waals surface area contributed by atoms with Crippen LogP contribution >= 0.6 is 0 Å². The molecule has 6 heterocycles. The number of aromatic nitrogens is 6. The molecule has 9 aromatic rings. The summed E-state index contributed by atoms with van der Waals surface area (Å²) in [7, 11) is 0. The maximum atomic E-state index is 5.16. The predicted molar refractivity (Wildman–Crippen MR) is 210 cm³/mol. The van der Waals surface area contributed by atoms with Gasteiger partial charge in [-0.1, -0.05) is 84.9 Å². The SMILES string of the molecule is Cc1cc(-c2ccccc2-c2cccnc2-c2ccccn2)c2ccc3c(-c4ccccc4-c4cccnc4-c4ccccn4)cc(C)nc3c2n1. The van der Waals surface area contributed by atoms with Crippen LogP contribution < -0.4 is 0 Å². The topological polar surface area (TPSA) is 77.3 Å². The highest BCUT2D eigenvalue weighted by molar-refractivity contribution is 6.14. The van der Waals surface area contributed by atoms with Crippen molar-refractivity contribution in [3.05, 3.63) is 170 Å². The molecule has 6 nitrogen and oxygen atoms in total. The van der Waals surface area contributed by atoms with Crippen LogP contribution in [0.1, 0.15) is 11.4 Å². The number of rotatable bonds is 6. The van der Waals surface area contributed by atoms with Crippen LogP contribution in [0.3, 0.4) is 0 Å². The Hall–Kier alpha value is -6.92. The van der Waals surface area contributed by atoms with Gasteiger partial charge in [0.05, 0.1) is 33.8 Å². The van der Waals surface area contributed by atoms with E-state index in [2.05, 4.69) is 109 Å². The Labute approximate surface area is 301 Å². The molecule has 0 amide bonds. The summed E-state index contributed by atoms with van der Waals surface area (Å²) in [4.78, 5) is 29.2. The van der Waals surface area contributed by atoms with Crippen molar-refractivity contribution >= 4 is 21.8 Å². The van der Waals surface area contributed by atoms with E-state index in [1.54, 1.807) is 0 Å². The molecule has 0 saturated carbocycles. The average molecular weight is 669 g/mol. The van der Waals surface area contributed by atoms with E-state index in [0.717, 1.165) is 100 Å². The summed E-state index contributed by atoms with van der Waals surface area (Å²) < 4.78 is 0. The van der Waals surface area contributed by atoms with Gasteiger partial charge in [0.25, 0.3) is 0 Å². The van der Waals surface area contributed by atoms with Crippen LogP contribution in [0, 0.1) is 13.8 Å². The Morgan fingerprint density at radius 2 is 0.692 bits per heavy atom. The number of aryl methyl sites for hydroxylation is 2. The third kappa shape index (κ3) is 5.47. The van der Waals surface area contributed by atoms with Crippen LogP contribution in [0.4, 0.5) is 0 Å². The zero-order chi connectivity index (χ0) is 35.0. The molecule has 0 spiro atoms. The van der Waals surface area contributed by atoms with Crippen molar-refractivity contribution in [1.29, 1.82) is 0 Å². The largest absolute Gasteiger partial charge is 0.255 e. The molecule has 52 heavy (non-hydrogen) atoms. The normalized spacial score (nSPS) is 11.3. The first-order chi connectivity index (χ1) is 25.6. The van der Waals surface area contributed by atoms with Crippen LogP contribution in [0.25, 0.3) is 89.1 Å². The van der Waals surface area contributed by atoms with Gasteiger partial charge in [-0.3, -0.25) is 29.9 Å². The van der Waals surface area contributed by atoms with Crippen LogP contribution in [-0.2, 0) is 0 Å². The van der Waals surface area contributed by atoms with E-state index >= 15 is 0 Å². The minimum absolute atomic E-state index is 0.834. The monoisotopic (exact) mass is 668 g/mol. The quantitative estimate of drug-likeness (QED) is 0.164. The molecule has 0 aliphatic carbocycles. The number of hydrogen-bond donors (Lipinski definition) is 0. The summed E-state index contributed by atoms with van der Waals surface area (Å²) >= 11 is 0. The summed E-state index contributed by atoms with van der Waals surface area (Å²) in [6, 6.07) is 45.8. The Balaban J connectivity index is 1.26. The highest BCUT2D eigenvalue weighted by atomic mass is 14.8. The molecule has 0 radical (unpaired) electrons. The Bertz CT molecular complexity index is 2570. The zero-order valence-corrected chi connectivity index (χ0v) is 28.7. The molecule has 0 unspecified atom stereocenters. The molecule has 9 rings (SSSR count). The molecule has 0 N–H and O–H groups in total. The van der Waals surface area contributed by atoms with Crippen molar-refractivity contribution in [3.63, 3.8) is 0 Å². The molecule has 0 saturated heterocycles. The number of pyridine rings is 6. The fraction of sp³-hybridized carbons (Fsp3) is 0.0435. The van der Waals surface area contributed by atoms with E-state index in [1.807, 2.05) is 73.3 Å². The lowest BCUT2D eigenvalue weighted by Gasteiger charge is -2.18. The Morgan fingerprint density at radius 3 is 1.10 bits per heavy atom. The highest BCUT2D eigenvalue weighted by Gasteiger charge is 2.20. The fourth-order valence-electron chi connectivity index (χ4n) is 7.24. The van der Waals surface area contributed by atoms with E-state index in [1.165, 1.54) is 0 Å². The van der Waals surface area contributed by atoms with Gasteiger partial charge in [0.1, 0.15) is 0 Å². The molecule has 6 aromatic heterocycles. The first-order valence-corrected chi connectivity index (χ1v) is 17.3. The molecule has 0 atom stereocenters. The smallest absolute Gasteiger partial charge is 0.0974 e. The second-order valence-electron chi connectivity index (χ2n) is 12.8. The van der Waals surface area contributed by atoms with E-state index in [4.69, 9.17) is 19.9 Å². The van der Waals surface area contributed by atoms with Crippen LogP contribution in [-0.4, -0.2) is 29.9 Å². The number of hydrogen-bond acceptors (Lipinski definition) is 6. The third-order valence-electron chi connectivity index (χ3n) is 9.46. The standard InChI is InChI=1S/C46H32N6/c1-29-27-39(33-15-5-3-13-31(33)35-17-11-25-49-43(35)41-19-7-9-23-47-41)37-21-22-38-40(28-30(2)52-46(38)45(37)51-29)34-16-6-4-14-32(34)36-18-12-26-50-44(36)42-20-8-10-24-48-42/h3-28H,1-2H3. The molecule has 0 fully saturated rings. The minimum Gasteiger partial charge on any atom is -0.255 e. The van der Waals surface area contributed by atoms with E-state index < -0.39 is 0 Å². The number of nitrogens with zero attached hydrogens (tertiary/aromatic N) is 6. The molecular weight excluding hydrogens is 637 g/mol. The lowest BCUT2D eigenvalue weighted by atomic mass is 9.89. The van der Waals surface area contributed by atoms with E-state index in [0.29, 0.717) is 0 Å². The minimum atomic E-state index is 0.834. The van der Waals surface area contributed by atoms with Gasteiger partial charge >= 0.3 is 0 Å². The van der Waals surface area contributed by atoms with Crippen molar-refractivity contribution < 1.29 is 0 Å². The molecule has 246 valence electrons. The molecule has 0 bridgehead atoms. The molecule has 0 aliphatic rings. The van der Waals surface area contributed by atoms with Gasteiger partial charge < -0.3 is 0 Å². The highest BCUT2D eigenvalue weighted by Crippen LogP contribution is 2.43. The van der Waals surface area contributed by atoms with Gasteiger partial charge in [0.2, 0.25) is 0 Å². The van der Waals surface area contributed by atoms with Crippen molar-refractivity contribution in [2.75, 3.05) is 0 Å². The third-order valence-corrected chi connectivity index (χ3v) is 9.46. The van der Waals surface area contributed by atoms with E-state index in [9.17, 15) is 0 Å². The summed E-state index contributed by atoms with van der Waals surface area (Å²) in [6.07, 6.45) is 7.27. The summed E-state index contributed by atoms with van der Waals surface area (Å²) in [5, 5.41) is 2.08. The first kappa shape index (κ1) is 31.1. The molecular formula is C46H32N6. The number of fused-ring (bicyclic) bond motifs is 3. The maximum absolute atomic E-state index is 5.16. The van der Waals surface area contributed by atoms with Gasteiger partial charge in [-0.2, -0.15) is 0 Å². The van der Waals surface area contributed by atoms with Crippen LogP contribution in [0.15, 0.2) is 158 Å². The van der Waals surface area contributed by atoms with Gasteiger partial charge in [-0.15, -0.1) is 0 Å². The zero-order valence-electron chi connectivity index (χ0n) is 28.7. The first-order valence-electron chi connectivity index (χ1n) is 17.3. The lowest BCUT2D eigenvalue weighted by molar-refractivity contribution is 1.23. The van der Waals surface area contributed by atoms with Crippen LogP contribution in [0.2, 0.25) is 0 Å². The summed E-state index contributed by atoms with van der Waals surface area (Å²) in [6.45, 7) is 4.11. The summed E-state index contributed by atoms with van der Waals surface area (Å²) in [5.41, 5.74) is 15.5. The second kappa shape index (κ2) is 13.1. The van der Waals surface area contributed by atoms with Gasteiger partial charge in [-0.05, 0) is 95.8 Å². The van der Waals surface area contributed by atoms with Gasteiger partial charge in [0, 0.05) is 58.1 Å². The van der Waals surface area contributed by atoms with E-state index in [-0.39, 0.29) is 0 Å². The fourth-order valence-corrected chi connectivity index (χ4v) is 7.24. The van der Waals surface area contributed by atoms with Crippen molar-refractivity contribution in [2.45, 2.75) is 13.8 Å².